The lowest BCUT2D eigenvalue weighted by Crippen LogP contribution is -2.40. The van der Waals surface area contributed by atoms with E-state index in [1.54, 1.807) is 30.3 Å². The summed E-state index contributed by atoms with van der Waals surface area (Å²) in [4.78, 5) is 24.5. The Morgan fingerprint density at radius 1 is 0.719 bits per heavy atom. The molecule has 0 spiro atoms. The first-order valence-electron chi connectivity index (χ1n) is 10.6. The summed E-state index contributed by atoms with van der Waals surface area (Å²) in [6.45, 7) is 4.79. The highest BCUT2D eigenvalue weighted by molar-refractivity contribution is 5.77. The van der Waals surface area contributed by atoms with Gasteiger partial charge in [0.1, 0.15) is 11.5 Å². The van der Waals surface area contributed by atoms with Gasteiger partial charge >= 0.3 is 12.2 Å². The maximum Gasteiger partial charge on any atom is 0.412 e. The van der Waals surface area contributed by atoms with Crippen LogP contribution < -0.4 is 20.1 Å². The van der Waals surface area contributed by atoms with Gasteiger partial charge in [-0.15, -0.1) is 0 Å². The number of rotatable bonds is 8. The van der Waals surface area contributed by atoms with Gasteiger partial charge in [0.2, 0.25) is 0 Å². The molecule has 1 atom stereocenters. The zero-order valence-electron chi connectivity index (χ0n) is 18.3. The second kappa shape index (κ2) is 11.6. The van der Waals surface area contributed by atoms with Crippen LogP contribution in [0.3, 0.4) is 0 Å². The van der Waals surface area contributed by atoms with Gasteiger partial charge < -0.3 is 20.1 Å². The van der Waals surface area contributed by atoms with Crippen molar-refractivity contribution in [3.05, 3.63) is 84.9 Å². The molecule has 3 rings (SSSR count). The van der Waals surface area contributed by atoms with Crippen molar-refractivity contribution in [3.8, 4) is 22.6 Å². The first kappa shape index (κ1) is 22.9. The Balaban J connectivity index is 1.52. The van der Waals surface area contributed by atoms with Gasteiger partial charge in [-0.1, -0.05) is 80.6 Å². The molecule has 1 unspecified atom stereocenters. The van der Waals surface area contributed by atoms with E-state index in [0.29, 0.717) is 24.6 Å². The number of hydrogen-bond donors (Lipinski definition) is 2. The molecule has 0 aliphatic heterocycles. The van der Waals surface area contributed by atoms with Crippen molar-refractivity contribution >= 4 is 12.2 Å². The fraction of sp³-hybridized carbons (Fsp3) is 0.231. The second-order valence-electron chi connectivity index (χ2n) is 7.72. The summed E-state index contributed by atoms with van der Waals surface area (Å²) < 4.78 is 10.8. The average molecular weight is 433 g/mol. The Labute approximate surface area is 188 Å². The fourth-order valence-electron chi connectivity index (χ4n) is 3.15. The van der Waals surface area contributed by atoms with E-state index in [4.69, 9.17) is 9.47 Å². The Hall–Kier alpha value is -3.80. The minimum atomic E-state index is -0.536. The predicted octanol–water partition coefficient (Wildman–Crippen LogP) is 5.50. The van der Waals surface area contributed by atoms with Crippen molar-refractivity contribution in [2.45, 2.75) is 13.8 Å². The van der Waals surface area contributed by atoms with Gasteiger partial charge in [-0.25, -0.2) is 9.59 Å². The normalized spacial score (nSPS) is 11.5. The van der Waals surface area contributed by atoms with Crippen LogP contribution in [-0.2, 0) is 0 Å². The third-order valence-electron chi connectivity index (χ3n) is 5.09. The zero-order valence-corrected chi connectivity index (χ0v) is 18.3. The summed E-state index contributed by atoms with van der Waals surface area (Å²) in [5.74, 6) is 1.20. The van der Waals surface area contributed by atoms with Gasteiger partial charge in [-0.05, 0) is 35.6 Å². The Kier molecular flexibility index (Phi) is 8.26. The first-order chi connectivity index (χ1) is 15.5. The zero-order chi connectivity index (χ0) is 22.8. The molecule has 6 heteroatoms. The molecular formula is C26H28N2O4. The lowest BCUT2D eigenvalue weighted by molar-refractivity contribution is 0.191. The SMILES string of the molecule is CC(C)C(CNC(=O)Oc1ccccc1)CNC(=O)Oc1ccccc1-c1ccccc1. The highest BCUT2D eigenvalue weighted by atomic mass is 16.6. The van der Waals surface area contributed by atoms with Crippen molar-refractivity contribution in [2.24, 2.45) is 11.8 Å². The molecule has 0 fully saturated rings. The van der Waals surface area contributed by atoms with Gasteiger partial charge in [-0.3, -0.25) is 0 Å². The molecule has 0 saturated carbocycles. The van der Waals surface area contributed by atoms with E-state index in [2.05, 4.69) is 10.6 Å². The number of carbonyl (C=O) groups is 2. The van der Waals surface area contributed by atoms with Crippen molar-refractivity contribution in [2.75, 3.05) is 13.1 Å². The molecule has 0 saturated heterocycles. The van der Waals surface area contributed by atoms with Crippen LogP contribution in [-0.4, -0.2) is 25.3 Å². The maximum atomic E-state index is 12.5. The lowest BCUT2D eigenvalue weighted by atomic mass is 9.96. The van der Waals surface area contributed by atoms with Crippen LogP contribution in [0.4, 0.5) is 9.59 Å². The standard InChI is InChI=1S/C26H28N2O4/c1-19(2)21(17-27-25(29)31-22-13-7-4-8-14-22)18-28-26(30)32-24-16-10-9-15-23(24)20-11-5-3-6-12-20/h3-16,19,21H,17-18H2,1-2H3,(H,27,29)(H,28,30). The van der Waals surface area contributed by atoms with Crippen LogP contribution in [0.5, 0.6) is 11.5 Å². The summed E-state index contributed by atoms with van der Waals surface area (Å²) in [5, 5.41) is 5.57. The molecule has 2 amide bonds. The molecular weight excluding hydrogens is 404 g/mol. The summed E-state index contributed by atoms with van der Waals surface area (Å²) >= 11 is 0. The van der Waals surface area contributed by atoms with E-state index < -0.39 is 12.2 Å². The van der Waals surface area contributed by atoms with Crippen molar-refractivity contribution in [1.29, 1.82) is 0 Å². The molecule has 0 aliphatic rings. The van der Waals surface area contributed by atoms with E-state index in [9.17, 15) is 9.59 Å². The van der Waals surface area contributed by atoms with Crippen LogP contribution >= 0.6 is 0 Å². The van der Waals surface area contributed by atoms with Gasteiger partial charge in [0.05, 0.1) is 0 Å². The largest absolute Gasteiger partial charge is 0.412 e. The number of para-hydroxylation sites is 2. The average Bonchev–Trinajstić information content (AvgIpc) is 2.80. The highest BCUT2D eigenvalue weighted by Crippen LogP contribution is 2.29. The molecule has 32 heavy (non-hydrogen) atoms. The number of ether oxygens (including phenoxy) is 2. The van der Waals surface area contributed by atoms with Crippen LogP contribution in [0, 0.1) is 11.8 Å². The van der Waals surface area contributed by atoms with Crippen LogP contribution in [0.2, 0.25) is 0 Å². The number of hydrogen-bond acceptors (Lipinski definition) is 4. The van der Waals surface area contributed by atoms with Crippen LogP contribution in [0.15, 0.2) is 84.9 Å². The number of amides is 2. The first-order valence-corrected chi connectivity index (χ1v) is 10.6. The monoisotopic (exact) mass is 432 g/mol. The Bertz CT molecular complexity index is 1010. The molecule has 0 radical (unpaired) electrons. The highest BCUT2D eigenvalue weighted by Gasteiger charge is 2.18. The molecule has 6 nitrogen and oxygen atoms in total. The number of carbonyl (C=O) groups excluding carboxylic acids is 2. The Morgan fingerprint density at radius 3 is 1.88 bits per heavy atom. The van der Waals surface area contributed by atoms with Crippen molar-refractivity contribution in [3.63, 3.8) is 0 Å². The number of benzene rings is 3. The van der Waals surface area contributed by atoms with E-state index in [1.807, 2.05) is 68.4 Å². The Morgan fingerprint density at radius 2 is 1.25 bits per heavy atom. The van der Waals surface area contributed by atoms with Crippen LogP contribution in [0.25, 0.3) is 11.1 Å². The van der Waals surface area contributed by atoms with E-state index in [-0.39, 0.29) is 11.8 Å². The van der Waals surface area contributed by atoms with E-state index >= 15 is 0 Å². The van der Waals surface area contributed by atoms with Gasteiger partial charge in [0.25, 0.3) is 0 Å². The minimum absolute atomic E-state index is 0.00948. The lowest BCUT2D eigenvalue weighted by Gasteiger charge is -2.21. The molecule has 0 bridgehead atoms. The third kappa shape index (κ3) is 6.87. The third-order valence-corrected chi connectivity index (χ3v) is 5.09. The molecule has 3 aromatic rings. The molecule has 2 N–H and O–H groups in total. The number of nitrogens with one attached hydrogen (secondary N) is 2. The summed E-state index contributed by atoms with van der Waals surface area (Å²) in [5.41, 5.74) is 1.81. The van der Waals surface area contributed by atoms with Crippen LogP contribution in [0.1, 0.15) is 13.8 Å². The van der Waals surface area contributed by atoms with Gasteiger partial charge in [-0.2, -0.15) is 0 Å². The molecule has 3 aromatic carbocycles. The maximum absolute atomic E-state index is 12.5. The quantitative estimate of drug-likeness (QED) is 0.493. The van der Waals surface area contributed by atoms with Gasteiger partial charge in [0.15, 0.2) is 0 Å². The van der Waals surface area contributed by atoms with Gasteiger partial charge in [0, 0.05) is 18.7 Å². The summed E-state index contributed by atoms with van der Waals surface area (Å²) in [6, 6.07) is 26.0. The molecule has 166 valence electrons. The van der Waals surface area contributed by atoms with E-state index in [0.717, 1.165) is 11.1 Å². The molecule has 0 aliphatic carbocycles. The van der Waals surface area contributed by atoms with Crippen molar-refractivity contribution in [1.82, 2.24) is 10.6 Å². The van der Waals surface area contributed by atoms with E-state index in [1.165, 1.54) is 0 Å². The predicted molar refractivity (Wildman–Crippen MR) is 125 cm³/mol. The summed E-state index contributed by atoms with van der Waals surface area (Å²) in [7, 11) is 0. The topological polar surface area (TPSA) is 76.7 Å². The van der Waals surface area contributed by atoms with Crippen molar-refractivity contribution < 1.29 is 19.1 Å². The minimum Gasteiger partial charge on any atom is -0.410 e. The summed E-state index contributed by atoms with van der Waals surface area (Å²) in [6.07, 6.45) is -1.06. The molecule has 0 aromatic heterocycles. The fourth-order valence-corrected chi connectivity index (χ4v) is 3.15. The molecule has 0 heterocycles. The second-order valence-corrected chi connectivity index (χ2v) is 7.72. The smallest absolute Gasteiger partial charge is 0.410 e.